The fourth-order valence-corrected chi connectivity index (χ4v) is 4.67. The summed E-state index contributed by atoms with van der Waals surface area (Å²) >= 11 is 1.76. The fraction of sp³-hybridized carbons (Fsp3) is 0.500. The van der Waals surface area contributed by atoms with Crippen LogP contribution in [0.5, 0.6) is 0 Å². The monoisotopic (exact) mass is 390 g/mol. The molecule has 0 saturated carbocycles. The van der Waals surface area contributed by atoms with Gasteiger partial charge in [0.1, 0.15) is 0 Å². The first-order chi connectivity index (χ1) is 13.0. The molecule has 0 fully saturated rings. The fourth-order valence-electron chi connectivity index (χ4n) is 3.34. The van der Waals surface area contributed by atoms with Gasteiger partial charge in [0.2, 0.25) is 0 Å². The van der Waals surface area contributed by atoms with Crippen LogP contribution in [0.3, 0.4) is 0 Å². The van der Waals surface area contributed by atoms with Crippen molar-refractivity contribution in [3.05, 3.63) is 58.5 Å². The Labute approximate surface area is 166 Å². The maximum Gasteiger partial charge on any atom is 0.303 e. The summed E-state index contributed by atoms with van der Waals surface area (Å²) in [6.07, 6.45) is 6.81. The van der Waals surface area contributed by atoms with Gasteiger partial charge in [0.05, 0.1) is 12.2 Å². The SMILES string of the molecule is CC1=C(SCCCCCC(=O)O)[C@@H](/C=C/C(O)Cc2ccccc2)[C@H](O)C1. The standard InChI is InChI=1S/C22H30O4S/c1-16-14-20(24)19(22(16)27-13-7-3-6-10-21(25)26)12-11-18(23)15-17-8-4-2-5-9-17/h2,4-5,8-9,11-12,18-20,23-24H,3,6-7,10,13-15H2,1H3,(H,25,26)/b12-11+/t18?,19-,20+/m0/s1. The van der Waals surface area contributed by atoms with Crippen LogP contribution in [0.1, 0.15) is 44.6 Å². The average molecular weight is 391 g/mol. The highest BCUT2D eigenvalue weighted by molar-refractivity contribution is 8.03. The Morgan fingerprint density at radius 2 is 2.00 bits per heavy atom. The molecule has 0 amide bonds. The number of carboxylic acids is 1. The van der Waals surface area contributed by atoms with Crippen molar-refractivity contribution < 1.29 is 20.1 Å². The molecule has 0 bridgehead atoms. The second kappa shape index (κ2) is 11.3. The van der Waals surface area contributed by atoms with Crippen LogP contribution < -0.4 is 0 Å². The minimum atomic E-state index is -0.737. The molecule has 5 heteroatoms. The van der Waals surface area contributed by atoms with Gasteiger partial charge in [-0.1, -0.05) is 54.5 Å². The number of thioether (sulfide) groups is 1. The first-order valence-corrected chi connectivity index (χ1v) is 10.6. The van der Waals surface area contributed by atoms with Crippen molar-refractivity contribution in [1.82, 2.24) is 0 Å². The molecule has 2 rings (SSSR count). The Morgan fingerprint density at radius 3 is 2.70 bits per heavy atom. The summed E-state index contributed by atoms with van der Waals surface area (Å²) in [7, 11) is 0. The second-order valence-corrected chi connectivity index (χ2v) is 8.27. The van der Waals surface area contributed by atoms with Crippen molar-refractivity contribution >= 4 is 17.7 Å². The van der Waals surface area contributed by atoms with Crippen molar-refractivity contribution in [2.75, 3.05) is 5.75 Å². The number of hydrogen-bond donors (Lipinski definition) is 3. The van der Waals surface area contributed by atoms with E-state index >= 15 is 0 Å². The molecular weight excluding hydrogens is 360 g/mol. The van der Waals surface area contributed by atoms with Crippen molar-refractivity contribution in [1.29, 1.82) is 0 Å². The van der Waals surface area contributed by atoms with Gasteiger partial charge in [-0.2, -0.15) is 0 Å². The van der Waals surface area contributed by atoms with Gasteiger partial charge < -0.3 is 15.3 Å². The van der Waals surface area contributed by atoms with Gasteiger partial charge in [-0.3, -0.25) is 4.79 Å². The van der Waals surface area contributed by atoms with Gasteiger partial charge in [0.15, 0.2) is 0 Å². The molecule has 0 aliphatic heterocycles. The van der Waals surface area contributed by atoms with E-state index in [1.54, 1.807) is 17.8 Å². The molecule has 0 heterocycles. The number of benzene rings is 1. The zero-order valence-electron chi connectivity index (χ0n) is 15.9. The molecule has 148 valence electrons. The van der Waals surface area contributed by atoms with Crippen molar-refractivity contribution in [3.8, 4) is 0 Å². The molecule has 3 N–H and O–H groups in total. The van der Waals surface area contributed by atoms with Gasteiger partial charge in [0, 0.05) is 18.8 Å². The van der Waals surface area contributed by atoms with Crippen molar-refractivity contribution in [2.45, 2.75) is 57.7 Å². The molecule has 27 heavy (non-hydrogen) atoms. The summed E-state index contributed by atoms with van der Waals surface area (Å²) in [5.41, 5.74) is 2.30. The number of carboxylic acid groups (broad SMARTS) is 1. The van der Waals surface area contributed by atoms with E-state index in [1.165, 1.54) is 10.5 Å². The maximum absolute atomic E-state index is 10.5. The number of unbranched alkanes of at least 4 members (excludes halogenated alkanes) is 2. The van der Waals surface area contributed by atoms with E-state index in [9.17, 15) is 15.0 Å². The third kappa shape index (κ3) is 7.53. The van der Waals surface area contributed by atoms with E-state index in [0.717, 1.165) is 24.2 Å². The van der Waals surface area contributed by atoms with E-state index in [2.05, 4.69) is 6.92 Å². The summed E-state index contributed by atoms with van der Waals surface area (Å²) < 4.78 is 0. The molecule has 0 spiro atoms. The van der Waals surface area contributed by atoms with Crippen LogP contribution in [-0.4, -0.2) is 39.2 Å². The van der Waals surface area contributed by atoms with Crippen LogP contribution >= 0.6 is 11.8 Å². The maximum atomic E-state index is 10.5. The van der Waals surface area contributed by atoms with Crippen LogP contribution in [0.4, 0.5) is 0 Å². The van der Waals surface area contributed by atoms with E-state index in [4.69, 9.17) is 5.11 Å². The first-order valence-electron chi connectivity index (χ1n) is 9.60. The smallest absolute Gasteiger partial charge is 0.303 e. The van der Waals surface area contributed by atoms with Crippen LogP contribution in [0, 0.1) is 5.92 Å². The quantitative estimate of drug-likeness (QED) is 0.390. The second-order valence-electron chi connectivity index (χ2n) is 7.14. The van der Waals surface area contributed by atoms with E-state index in [-0.39, 0.29) is 12.3 Å². The summed E-state index contributed by atoms with van der Waals surface area (Å²) in [5, 5.41) is 29.3. The third-order valence-electron chi connectivity index (χ3n) is 4.77. The van der Waals surface area contributed by atoms with Crippen molar-refractivity contribution in [3.63, 3.8) is 0 Å². The molecule has 1 aromatic carbocycles. The normalized spacial score (nSPS) is 21.1. The van der Waals surface area contributed by atoms with Crippen LogP contribution in [0.25, 0.3) is 0 Å². The van der Waals surface area contributed by atoms with Crippen LogP contribution in [0.15, 0.2) is 53.0 Å². The first kappa shape index (κ1) is 21.7. The predicted molar refractivity (Wildman–Crippen MR) is 111 cm³/mol. The van der Waals surface area contributed by atoms with E-state index < -0.39 is 18.2 Å². The van der Waals surface area contributed by atoms with Crippen LogP contribution in [0.2, 0.25) is 0 Å². The Balaban J connectivity index is 1.83. The molecule has 1 aromatic rings. The number of aliphatic hydroxyl groups is 2. The Morgan fingerprint density at radius 1 is 1.26 bits per heavy atom. The van der Waals surface area contributed by atoms with E-state index in [1.807, 2.05) is 36.4 Å². The Kier molecular flexibility index (Phi) is 9.11. The van der Waals surface area contributed by atoms with Gasteiger partial charge in [-0.05, 0) is 42.4 Å². The molecule has 0 radical (unpaired) electrons. The average Bonchev–Trinajstić information content (AvgIpc) is 2.89. The Hall–Kier alpha value is -1.56. The predicted octanol–water partition coefficient (Wildman–Crippen LogP) is 4.18. The van der Waals surface area contributed by atoms with Gasteiger partial charge in [-0.25, -0.2) is 0 Å². The lowest BCUT2D eigenvalue weighted by molar-refractivity contribution is -0.137. The lowest BCUT2D eigenvalue weighted by atomic mass is 10.0. The number of hydrogen-bond acceptors (Lipinski definition) is 4. The number of aliphatic hydroxyl groups excluding tert-OH is 2. The molecule has 0 aromatic heterocycles. The van der Waals surface area contributed by atoms with Gasteiger partial charge in [-0.15, -0.1) is 11.8 Å². The molecule has 1 unspecified atom stereocenters. The van der Waals surface area contributed by atoms with Crippen molar-refractivity contribution in [2.24, 2.45) is 5.92 Å². The largest absolute Gasteiger partial charge is 0.481 e. The van der Waals surface area contributed by atoms with Gasteiger partial charge in [0.25, 0.3) is 0 Å². The summed E-state index contributed by atoms with van der Waals surface area (Å²) in [6.45, 7) is 2.06. The zero-order valence-corrected chi connectivity index (χ0v) is 16.7. The lowest BCUT2D eigenvalue weighted by Crippen LogP contribution is -2.15. The number of carbonyl (C=O) groups is 1. The van der Waals surface area contributed by atoms with E-state index in [0.29, 0.717) is 19.3 Å². The highest BCUT2D eigenvalue weighted by Gasteiger charge is 2.30. The highest BCUT2D eigenvalue weighted by atomic mass is 32.2. The summed E-state index contributed by atoms with van der Waals surface area (Å²) in [5.74, 6) is 0.134. The highest BCUT2D eigenvalue weighted by Crippen LogP contribution is 2.40. The Bertz CT molecular complexity index is 654. The number of aliphatic carboxylic acids is 1. The molecular formula is C22H30O4S. The minimum absolute atomic E-state index is 0.0561. The zero-order chi connectivity index (χ0) is 19.6. The molecule has 0 saturated heterocycles. The molecule has 3 atom stereocenters. The molecule has 1 aliphatic rings. The van der Waals surface area contributed by atoms with Gasteiger partial charge >= 0.3 is 5.97 Å². The summed E-state index contributed by atoms with van der Waals surface area (Å²) in [6, 6.07) is 9.88. The molecule has 4 nitrogen and oxygen atoms in total. The number of rotatable bonds is 11. The van der Waals surface area contributed by atoms with Crippen LogP contribution in [-0.2, 0) is 11.2 Å². The summed E-state index contributed by atoms with van der Waals surface area (Å²) in [4.78, 5) is 11.7. The topological polar surface area (TPSA) is 77.8 Å². The third-order valence-corrected chi connectivity index (χ3v) is 6.20. The lowest BCUT2D eigenvalue weighted by Gasteiger charge is -2.16. The molecule has 1 aliphatic carbocycles. The minimum Gasteiger partial charge on any atom is -0.481 e.